The molecule has 2 aromatic rings. The minimum absolute atomic E-state index is 0.0222. The Labute approximate surface area is 193 Å². The number of nitrogens with one attached hydrogen (secondary N) is 2. The van der Waals surface area contributed by atoms with Gasteiger partial charge < -0.3 is 15.4 Å². The van der Waals surface area contributed by atoms with Crippen LogP contribution in [0.3, 0.4) is 0 Å². The van der Waals surface area contributed by atoms with Crippen molar-refractivity contribution in [1.29, 1.82) is 0 Å². The van der Waals surface area contributed by atoms with E-state index < -0.39 is 21.9 Å². The van der Waals surface area contributed by atoms with Gasteiger partial charge in [0.25, 0.3) is 0 Å². The molecule has 2 N–H and O–H groups in total. The molecule has 2 aromatic carbocycles. The number of rotatable bonds is 8. The van der Waals surface area contributed by atoms with Crippen LogP contribution in [-0.4, -0.2) is 50.8 Å². The van der Waals surface area contributed by atoms with E-state index in [-0.39, 0.29) is 35.7 Å². The molecule has 1 aliphatic heterocycles. The number of benzene rings is 2. The van der Waals surface area contributed by atoms with Crippen LogP contribution in [0.5, 0.6) is 5.75 Å². The summed E-state index contributed by atoms with van der Waals surface area (Å²) in [6, 6.07) is 11.2. The van der Waals surface area contributed by atoms with Crippen molar-refractivity contribution in [3.05, 3.63) is 59.9 Å². The molecule has 0 radical (unpaired) electrons. The molecule has 1 fully saturated rings. The largest absolute Gasteiger partial charge is 0.497 e. The highest BCUT2D eigenvalue weighted by molar-refractivity contribution is 7.89. The summed E-state index contributed by atoms with van der Waals surface area (Å²) in [5.41, 5.74) is 0.900. The third kappa shape index (κ3) is 6.29. The van der Waals surface area contributed by atoms with E-state index in [2.05, 4.69) is 10.6 Å². The highest BCUT2D eigenvalue weighted by Crippen LogP contribution is 2.24. The van der Waals surface area contributed by atoms with Crippen LogP contribution in [-0.2, 0) is 26.2 Å². The molecule has 1 aliphatic rings. The number of hydrogen-bond acceptors (Lipinski definition) is 5. The van der Waals surface area contributed by atoms with Crippen LogP contribution in [0, 0.1) is 11.7 Å². The lowest BCUT2D eigenvalue weighted by atomic mass is 9.97. The monoisotopic (exact) mass is 477 g/mol. The normalized spacial score (nSPS) is 16.1. The van der Waals surface area contributed by atoms with E-state index in [9.17, 15) is 22.4 Å². The van der Waals surface area contributed by atoms with Crippen molar-refractivity contribution in [1.82, 2.24) is 14.9 Å². The number of ether oxygens (including phenoxy) is 1. The lowest BCUT2D eigenvalue weighted by molar-refractivity contribution is -0.131. The van der Waals surface area contributed by atoms with E-state index in [0.29, 0.717) is 19.4 Å². The Kier molecular flexibility index (Phi) is 8.04. The second-order valence-electron chi connectivity index (χ2n) is 7.93. The molecule has 33 heavy (non-hydrogen) atoms. The Morgan fingerprint density at radius 3 is 2.27 bits per heavy atom. The standard InChI is InChI=1S/C23H28FN3O5S/c1-16(22(28)25-15-17-3-7-20(32-2)8-4-17)26-23(29)18-11-13-27(14-12-18)33(30,31)21-9-5-19(24)6-10-21/h3-10,16,18H,11-15H2,1-2H3,(H,25,28)(H,26,29)/t16-/m0/s1. The fraction of sp³-hybridized carbons (Fsp3) is 0.391. The first-order chi connectivity index (χ1) is 15.7. The zero-order valence-corrected chi connectivity index (χ0v) is 19.4. The fourth-order valence-electron chi connectivity index (χ4n) is 3.60. The summed E-state index contributed by atoms with van der Waals surface area (Å²) in [6.45, 7) is 2.28. The minimum atomic E-state index is -3.74. The van der Waals surface area contributed by atoms with Gasteiger partial charge in [-0.15, -0.1) is 0 Å². The van der Waals surface area contributed by atoms with E-state index in [1.165, 1.54) is 16.4 Å². The topological polar surface area (TPSA) is 105 Å². The number of methoxy groups -OCH3 is 1. The van der Waals surface area contributed by atoms with Gasteiger partial charge >= 0.3 is 0 Å². The molecule has 3 rings (SSSR count). The maximum atomic E-state index is 13.1. The number of nitrogens with zero attached hydrogens (tertiary/aromatic N) is 1. The fourth-order valence-corrected chi connectivity index (χ4v) is 5.07. The van der Waals surface area contributed by atoms with E-state index >= 15 is 0 Å². The van der Waals surface area contributed by atoms with Crippen LogP contribution < -0.4 is 15.4 Å². The summed E-state index contributed by atoms with van der Waals surface area (Å²) in [6.07, 6.45) is 0.679. The molecule has 1 heterocycles. The van der Waals surface area contributed by atoms with Gasteiger partial charge in [-0.1, -0.05) is 12.1 Å². The summed E-state index contributed by atoms with van der Waals surface area (Å²) in [5.74, 6) is -0.758. The second-order valence-corrected chi connectivity index (χ2v) is 9.87. The van der Waals surface area contributed by atoms with Crippen LogP contribution in [0.4, 0.5) is 4.39 Å². The summed E-state index contributed by atoms with van der Waals surface area (Å²) in [4.78, 5) is 25.0. The lowest BCUT2D eigenvalue weighted by Crippen LogP contribution is -2.49. The summed E-state index contributed by atoms with van der Waals surface area (Å²) in [5, 5.41) is 5.50. The summed E-state index contributed by atoms with van der Waals surface area (Å²) in [7, 11) is -2.16. The Morgan fingerprint density at radius 1 is 1.09 bits per heavy atom. The number of carbonyl (C=O) groups excluding carboxylic acids is 2. The Morgan fingerprint density at radius 2 is 1.70 bits per heavy atom. The van der Waals surface area contributed by atoms with Crippen LogP contribution in [0.15, 0.2) is 53.4 Å². The number of piperidine rings is 1. The third-order valence-electron chi connectivity index (χ3n) is 5.65. The maximum absolute atomic E-state index is 13.1. The quantitative estimate of drug-likeness (QED) is 0.606. The Hall–Kier alpha value is -2.98. The van der Waals surface area contributed by atoms with Gasteiger partial charge in [0, 0.05) is 25.6 Å². The first-order valence-electron chi connectivity index (χ1n) is 10.7. The van der Waals surface area contributed by atoms with Gasteiger partial charge in [-0.05, 0) is 61.7 Å². The van der Waals surface area contributed by atoms with Crippen LogP contribution in [0.2, 0.25) is 0 Å². The number of amides is 2. The van der Waals surface area contributed by atoms with Crippen LogP contribution in [0.1, 0.15) is 25.3 Å². The molecule has 0 unspecified atom stereocenters. The molecule has 2 amide bonds. The van der Waals surface area contributed by atoms with Crippen molar-refractivity contribution < 1.29 is 27.1 Å². The smallest absolute Gasteiger partial charge is 0.243 e. The molecule has 0 aromatic heterocycles. The minimum Gasteiger partial charge on any atom is -0.497 e. The van der Waals surface area contributed by atoms with Gasteiger partial charge in [-0.3, -0.25) is 9.59 Å². The molecule has 1 saturated heterocycles. The third-order valence-corrected chi connectivity index (χ3v) is 7.57. The second kappa shape index (κ2) is 10.8. The average Bonchev–Trinajstić information content (AvgIpc) is 2.83. The SMILES string of the molecule is COc1ccc(CNC(=O)[C@H](C)NC(=O)C2CCN(S(=O)(=O)c3ccc(F)cc3)CC2)cc1. The van der Waals surface area contributed by atoms with Crippen molar-refractivity contribution in [2.75, 3.05) is 20.2 Å². The van der Waals surface area contributed by atoms with Gasteiger partial charge in [-0.25, -0.2) is 12.8 Å². The van der Waals surface area contributed by atoms with Crippen LogP contribution >= 0.6 is 0 Å². The average molecular weight is 478 g/mol. The van der Waals surface area contributed by atoms with E-state index in [0.717, 1.165) is 23.4 Å². The molecular weight excluding hydrogens is 449 g/mol. The van der Waals surface area contributed by atoms with E-state index in [1.54, 1.807) is 26.2 Å². The molecule has 10 heteroatoms. The number of hydrogen-bond donors (Lipinski definition) is 2. The predicted octanol–water partition coefficient (Wildman–Crippen LogP) is 2.06. The first-order valence-corrected chi connectivity index (χ1v) is 12.1. The maximum Gasteiger partial charge on any atom is 0.243 e. The van der Waals surface area contributed by atoms with Gasteiger partial charge in [-0.2, -0.15) is 4.31 Å². The lowest BCUT2D eigenvalue weighted by Gasteiger charge is -2.31. The predicted molar refractivity (Wildman–Crippen MR) is 120 cm³/mol. The summed E-state index contributed by atoms with van der Waals surface area (Å²) < 4.78 is 44.9. The zero-order chi connectivity index (χ0) is 24.0. The molecule has 0 bridgehead atoms. The first kappa shape index (κ1) is 24.7. The molecule has 0 spiro atoms. The zero-order valence-electron chi connectivity index (χ0n) is 18.6. The van der Waals surface area contributed by atoms with Crippen LogP contribution in [0.25, 0.3) is 0 Å². The van der Waals surface area contributed by atoms with Gasteiger partial charge in [0.2, 0.25) is 21.8 Å². The number of sulfonamides is 1. The molecule has 0 aliphatic carbocycles. The molecule has 178 valence electrons. The Bertz CT molecular complexity index is 1070. The highest BCUT2D eigenvalue weighted by Gasteiger charge is 2.32. The van der Waals surface area contributed by atoms with Crippen molar-refractivity contribution in [2.24, 2.45) is 5.92 Å². The Balaban J connectivity index is 1.46. The van der Waals surface area contributed by atoms with E-state index in [1.807, 2.05) is 12.1 Å². The van der Waals surface area contributed by atoms with Crippen molar-refractivity contribution in [2.45, 2.75) is 37.2 Å². The summed E-state index contributed by atoms with van der Waals surface area (Å²) >= 11 is 0. The van der Waals surface area contributed by atoms with Gasteiger partial charge in [0.1, 0.15) is 17.6 Å². The van der Waals surface area contributed by atoms with E-state index in [4.69, 9.17) is 4.74 Å². The molecule has 0 saturated carbocycles. The van der Waals surface area contributed by atoms with Gasteiger partial charge in [0.05, 0.1) is 12.0 Å². The molecular formula is C23H28FN3O5S. The van der Waals surface area contributed by atoms with Crippen molar-refractivity contribution in [3.8, 4) is 5.75 Å². The number of carbonyl (C=O) groups is 2. The van der Waals surface area contributed by atoms with Gasteiger partial charge in [0.15, 0.2) is 0 Å². The van der Waals surface area contributed by atoms with Crippen molar-refractivity contribution >= 4 is 21.8 Å². The molecule has 8 nitrogen and oxygen atoms in total. The highest BCUT2D eigenvalue weighted by atomic mass is 32.2. The number of halogens is 1. The molecule has 1 atom stereocenters. The van der Waals surface area contributed by atoms with Crippen molar-refractivity contribution in [3.63, 3.8) is 0 Å².